The van der Waals surface area contributed by atoms with Crippen LogP contribution in [0.4, 0.5) is 5.82 Å². The van der Waals surface area contributed by atoms with E-state index in [1.54, 1.807) is 54.6 Å². The molecule has 1 aliphatic rings. The van der Waals surface area contributed by atoms with E-state index in [-0.39, 0.29) is 30.1 Å². The number of methoxy groups -OCH3 is 2. The highest BCUT2D eigenvalue weighted by Gasteiger charge is 2.24. The Labute approximate surface area is 219 Å². The van der Waals surface area contributed by atoms with Crippen molar-refractivity contribution in [2.45, 2.75) is 0 Å². The summed E-state index contributed by atoms with van der Waals surface area (Å²) in [7, 11) is -1.14. The van der Waals surface area contributed by atoms with E-state index < -0.39 is 10.0 Å². The molecule has 0 spiro atoms. The molecule has 1 aliphatic heterocycles. The van der Waals surface area contributed by atoms with Gasteiger partial charge in [0.15, 0.2) is 34.6 Å². The third-order valence-electron chi connectivity index (χ3n) is 5.42. The van der Waals surface area contributed by atoms with Crippen molar-refractivity contribution in [3.63, 3.8) is 0 Å². The molecule has 0 saturated heterocycles. The molecule has 11 heteroatoms. The van der Waals surface area contributed by atoms with Crippen molar-refractivity contribution in [1.29, 1.82) is 0 Å². The van der Waals surface area contributed by atoms with Crippen molar-refractivity contribution >= 4 is 21.9 Å². The number of rotatable bonds is 9. The maximum absolute atomic E-state index is 13.1. The Morgan fingerprint density at radius 2 is 1.61 bits per heavy atom. The zero-order valence-electron chi connectivity index (χ0n) is 20.5. The molecule has 2 heterocycles. The maximum Gasteiger partial charge on any atom is 0.263 e. The van der Waals surface area contributed by atoms with E-state index in [2.05, 4.69) is 14.7 Å². The number of nitrogens with one attached hydrogen (secondary N) is 1. The highest BCUT2D eigenvalue weighted by molar-refractivity contribution is 7.95. The van der Waals surface area contributed by atoms with Crippen molar-refractivity contribution in [3.8, 4) is 46.0 Å². The third kappa shape index (κ3) is 5.47. The van der Waals surface area contributed by atoms with Gasteiger partial charge in [-0.15, -0.1) is 0 Å². The van der Waals surface area contributed by atoms with Crippen LogP contribution in [-0.4, -0.2) is 39.4 Å². The molecule has 0 fully saturated rings. The van der Waals surface area contributed by atoms with Gasteiger partial charge >= 0.3 is 0 Å². The van der Waals surface area contributed by atoms with Gasteiger partial charge in [-0.2, -0.15) is 4.98 Å². The summed E-state index contributed by atoms with van der Waals surface area (Å²) in [5.41, 5.74) is 1.27. The molecule has 3 aromatic carbocycles. The normalized spacial score (nSPS) is 12.4. The van der Waals surface area contributed by atoms with Gasteiger partial charge in [-0.25, -0.2) is 13.4 Å². The second-order valence-electron chi connectivity index (χ2n) is 7.92. The minimum atomic E-state index is -4.03. The van der Waals surface area contributed by atoms with Gasteiger partial charge in [-0.3, -0.25) is 4.72 Å². The van der Waals surface area contributed by atoms with Crippen LogP contribution in [0.2, 0.25) is 0 Å². The largest absolute Gasteiger partial charge is 0.493 e. The van der Waals surface area contributed by atoms with E-state index in [4.69, 9.17) is 23.7 Å². The lowest BCUT2D eigenvalue weighted by Gasteiger charge is -2.17. The summed E-state index contributed by atoms with van der Waals surface area (Å²) in [6.07, 6.45) is 1.47. The SMILES string of the molecule is COc1ccccc1Oc1c(NS(=O)(=O)C=Cc2ccccc2)nc(-c2ccc3c(c2)OCO3)nc1OC. The lowest BCUT2D eigenvalue weighted by atomic mass is 10.2. The van der Waals surface area contributed by atoms with Gasteiger partial charge in [0.25, 0.3) is 15.9 Å². The van der Waals surface area contributed by atoms with E-state index in [1.165, 1.54) is 20.3 Å². The average molecular weight is 534 g/mol. The summed E-state index contributed by atoms with van der Waals surface area (Å²) in [4.78, 5) is 8.97. The van der Waals surface area contributed by atoms with Gasteiger partial charge in [0, 0.05) is 5.56 Å². The Kier molecular flexibility index (Phi) is 7.00. The number of sulfonamides is 1. The highest BCUT2D eigenvalue weighted by atomic mass is 32.2. The fraction of sp³-hybridized carbons (Fsp3) is 0.111. The van der Waals surface area contributed by atoms with Crippen molar-refractivity contribution < 1.29 is 32.1 Å². The summed E-state index contributed by atoms with van der Waals surface area (Å²) in [6.45, 7) is 0.105. The molecule has 194 valence electrons. The smallest absolute Gasteiger partial charge is 0.263 e. The monoisotopic (exact) mass is 533 g/mol. The van der Waals surface area contributed by atoms with Crippen LogP contribution in [0.5, 0.6) is 34.6 Å². The number of anilines is 1. The molecule has 0 bridgehead atoms. The summed E-state index contributed by atoms with van der Waals surface area (Å²) < 4.78 is 56.4. The lowest BCUT2D eigenvalue weighted by Crippen LogP contribution is -2.13. The van der Waals surface area contributed by atoms with E-state index in [0.29, 0.717) is 34.1 Å². The third-order valence-corrected chi connectivity index (χ3v) is 6.39. The zero-order valence-corrected chi connectivity index (χ0v) is 21.3. The van der Waals surface area contributed by atoms with E-state index in [0.717, 1.165) is 5.41 Å². The van der Waals surface area contributed by atoms with Crippen LogP contribution in [0.15, 0.2) is 78.2 Å². The van der Waals surface area contributed by atoms with E-state index >= 15 is 0 Å². The summed E-state index contributed by atoms with van der Waals surface area (Å²) >= 11 is 0. The molecule has 10 nitrogen and oxygen atoms in total. The Hall–Kier alpha value is -4.77. The molecule has 0 amide bonds. The number of fused-ring (bicyclic) bond motifs is 1. The van der Waals surface area contributed by atoms with Crippen LogP contribution in [0.1, 0.15) is 5.56 Å². The number of nitrogens with zero attached hydrogens (tertiary/aromatic N) is 2. The summed E-state index contributed by atoms with van der Waals surface area (Å²) in [5, 5.41) is 1.05. The maximum atomic E-state index is 13.1. The fourth-order valence-electron chi connectivity index (χ4n) is 3.61. The summed E-state index contributed by atoms with van der Waals surface area (Å²) in [6, 6.07) is 21.1. The first-order valence-electron chi connectivity index (χ1n) is 11.4. The van der Waals surface area contributed by atoms with Gasteiger partial charge in [-0.1, -0.05) is 42.5 Å². The highest BCUT2D eigenvalue weighted by Crippen LogP contribution is 2.42. The van der Waals surface area contributed by atoms with Gasteiger partial charge in [0.2, 0.25) is 12.5 Å². The molecule has 4 aromatic rings. The molecule has 5 rings (SSSR count). The van der Waals surface area contributed by atoms with Gasteiger partial charge in [0.05, 0.1) is 19.6 Å². The number of aromatic nitrogens is 2. The van der Waals surface area contributed by atoms with E-state index in [1.807, 2.05) is 18.2 Å². The number of hydrogen-bond acceptors (Lipinski definition) is 9. The van der Waals surface area contributed by atoms with Crippen molar-refractivity contribution in [3.05, 3.63) is 83.8 Å². The van der Waals surface area contributed by atoms with Gasteiger partial charge in [0.1, 0.15) is 0 Å². The van der Waals surface area contributed by atoms with Crippen LogP contribution >= 0.6 is 0 Å². The number of ether oxygens (including phenoxy) is 5. The van der Waals surface area contributed by atoms with Crippen molar-refractivity contribution in [2.75, 3.05) is 25.7 Å². The average Bonchev–Trinajstić information content (AvgIpc) is 3.41. The fourth-order valence-corrected chi connectivity index (χ4v) is 4.42. The minimum absolute atomic E-state index is 0.00307. The second kappa shape index (κ2) is 10.7. The predicted octanol–water partition coefficient (Wildman–Crippen LogP) is 5.09. The molecular formula is C27H23N3O7S. The molecule has 1 N–H and O–H groups in total. The summed E-state index contributed by atoms with van der Waals surface area (Å²) in [5.74, 6) is 1.85. The molecule has 0 aliphatic carbocycles. The molecule has 0 radical (unpaired) electrons. The Bertz CT molecular complexity index is 1590. The Morgan fingerprint density at radius 1 is 0.868 bits per heavy atom. The van der Waals surface area contributed by atoms with Crippen LogP contribution in [-0.2, 0) is 10.0 Å². The number of benzene rings is 3. The standard InChI is InChI=1S/C27H23N3O7S/c1-33-20-10-6-7-11-22(20)37-24-26(30-38(31,32)15-14-18-8-4-3-5-9-18)28-25(29-27(24)34-2)19-12-13-21-23(16-19)36-17-35-21/h3-16H,17H2,1-2H3,(H,28,29,30). The molecule has 0 unspecified atom stereocenters. The molecule has 1 aromatic heterocycles. The van der Waals surface area contributed by atoms with Crippen LogP contribution < -0.4 is 28.4 Å². The van der Waals surface area contributed by atoms with Crippen molar-refractivity contribution in [2.24, 2.45) is 0 Å². The lowest BCUT2D eigenvalue weighted by molar-refractivity contribution is 0.174. The quantitative estimate of drug-likeness (QED) is 0.314. The topological polar surface area (TPSA) is 118 Å². The van der Waals surface area contributed by atoms with Crippen LogP contribution in [0.25, 0.3) is 17.5 Å². The van der Waals surface area contributed by atoms with Crippen LogP contribution in [0.3, 0.4) is 0 Å². The number of para-hydroxylation sites is 2. The first-order valence-corrected chi connectivity index (χ1v) is 12.9. The second-order valence-corrected chi connectivity index (χ2v) is 9.48. The predicted molar refractivity (Wildman–Crippen MR) is 141 cm³/mol. The molecular weight excluding hydrogens is 510 g/mol. The molecule has 38 heavy (non-hydrogen) atoms. The Morgan fingerprint density at radius 3 is 2.37 bits per heavy atom. The first-order chi connectivity index (χ1) is 18.5. The zero-order chi connectivity index (χ0) is 26.5. The minimum Gasteiger partial charge on any atom is -0.493 e. The molecule has 0 atom stereocenters. The van der Waals surface area contributed by atoms with Crippen molar-refractivity contribution in [1.82, 2.24) is 9.97 Å². The first kappa shape index (κ1) is 24.9. The Balaban J connectivity index is 1.59. The molecule has 0 saturated carbocycles. The van der Waals surface area contributed by atoms with Gasteiger partial charge < -0.3 is 23.7 Å². The van der Waals surface area contributed by atoms with E-state index in [9.17, 15) is 8.42 Å². The van der Waals surface area contributed by atoms with Gasteiger partial charge in [-0.05, 0) is 42.0 Å². The number of hydrogen-bond donors (Lipinski definition) is 1. The van der Waals surface area contributed by atoms with Crippen LogP contribution in [0, 0.1) is 0 Å².